The standard InChI is InChI=1S/C20H22N2O2/c1-14-8-10-17(11-9-14)20(24)21-12-13-22(19(23)16(21)3)18-7-5-4-6-15(18)2/h4-11,16H,12-13H2,1-3H3/t16-/m1/s1. The minimum Gasteiger partial charge on any atom is -0.325 e. The van der Waals surface area contributed by atoms with Crippen LogP contribution in [0.1, 0.15) is 28.4 Å². The number of nitrogens with zero attached hydrogens (tertiary/aromatic N) is 2. The Morgan fingerprint density at radius 2 is 1.67 bits per heavy atom. The number of para-hydroxylation sites is 1. The van der Waals surface area contributed by atoms with Gasteiger partial charge >= 0.3 is 0 Å². The van der Waals surface area contributed by atoms with Gasteiger partial charge in [-0.25, -0.2) is 0 Å². The molecule has 0 N–H and O–H groups in total. The second-order valence-corrected chi connectivity index (χ2v) is 6.32. The number of carbonyl (C=O) groups is 2. The van der Waals surface area contributed by atoms with Crippen LogP contribution in [0.3, 0.4) is 0 Å². The van der Waals surface area contributed by atoms with Crippen LogP contribution in [0.15, 0.2) is 48.5 Å². The molecule has 3 rings (SSSR count). The molecule has 24 heavy (non-hydrogen) atoms. The van der Waals surface area contributed by atoms with Gasteiger partial charge in [0.05, 0.1) is 0 Å². The summed E-state index contributed by atoms with van der Waals surface area (Å²) in [6.45, 7) is 6.84. The van der Waals surface area contributed by atoms with E-state index in [-0.39, 0.29) is 11.8 Å². The van der Waals surface area contributed by atoms with Crippen LogP contribution in [0.4, 0.5) is 5.69 Å². The molecule has 1 heterocycles. The molecule has 2 aromatic rings. The van der Waals surface area contributed by atoms with E-state index in [1.807, 2.05) is 62.4 Å². The molecule has 0 spiro atoms. The van der Waals surface area contributed by atoms with Gasteiger partial charge in [0, 0.05) is 24.3 Å². The fourth-order valence-corrected chi connectivity index (χ4v) is 3.12. The van der Waals surface area contributed by atoms with Crippen molar-refractivity contribution in [3.05, 3.63) is 65.2 Å². The van der Waals surface area contributed by atoms with Crippen molar-refractivity contribution in [2.75, 3.05) is 18.0 Å². The number of carbonyl (C=O) groups excluding carboxylic acids is 2. The van der Waals surface area contributed by atoms with Gasteiger partial charge in [-0.3, -0.25) is 9.59 Å². The highest BCUT2D eigenvalue weighted by molar-refractivity contribution is 6.03. The highest BCUT2D eigenvalue weighted by Crippen LogP contribution is 2.24. The van der Waals surface area contributed by atoms with Crippen molar-refractivity contribution in [1.82, 2.24) is 4.90 Å². The van der Waals surface area contributed by atoms with Crippen LogP contribution < -0.4 is 4.90 Å². The fraction of sp³-hybridized carbons (Fsp3) is 0.300. The van der Waals surface area contributed by atoms with Crippen LogP contribution in [0.5, 0.6) is 0 Å². The van der Waals surface area contributed by atoms with Crippen LogP contribution in [-0.2, 0) is 4.79 Å². The van der Waals surface area contributed by atoms with Crippen molar-refractivity contribution >= 4 is 17.5 Å². The van der Waals surface area contributed by atoms with E-state index in [9.17, 15) is 9.59 Å². The lowest BCUT2D eigenvalue weighted by molar-refractivity contribution is -0.124. The largest absolute Gasteiger partial charge is 0.325 e. The Kier molecular flexibility index (Phi) is 4.38. The highest BCUT2D eigenvalue weighted by Gasteiger charge is 2.35. The van der Waals surface area contributed by atoms with E-state index < -0.39 is 6.04 Å². The second kappa shape index (κ2) is 6.48. The Morgan fingerprint density at radius 3 is 2.33 bits per heavy atom. The average molecular weight is 322 g/mol. The summed E-state index contributed by atoms with van der Waals surface area (Å²) in [4.78, 5) is 29.0. The van der Waals surface area contributed by atoms with E-state index in [0.717, 1.165) is 16.8 Å². The maximum atomic E-state index is 12.8. The quantitative estimate of drug-likeness (QED) is 0.852. The molecule has 0 bridgehead atoms. The molecule has 4 heteroatoms. The number of benzene rings is 2. The summed E-state index contributed by atoms with van der Waals surface area (Å²) in [5.41, 5.74) is 3.73. The van der Waals surface area contributed by atoms with E-state index in [0.29, 0.717) is 18.7 Å². The molecule has 0 aromatic heterocycles. The summed E-state index contributed by atoms with van der Waals surface area (Å²) in [6, 6.07) is 14.9. The number of rotatable bonds is 2. The Morgan fingerprint density at radius 1 is 1.00 bits per heavy atom. The summed E-state index contributed by atoms with van der Waals surface area (Å²) in [7, 11) is 0. The first-order valence-electron chi connectivity index (χ1n) is 8.23. The van der Waals surface area contributed by atoms with Crippen LogP contribution in [0.25, 0.3) is 0 Å². The minimum atomic E-state index is -0.466. The van der Waals surface area contributed by atoms with Gasteiger partial charge in [0.2, 0.25) is 5.91 Å². The first-order chi connectivity index (χ1) is 11.5. The topological polar surface area (TPSA) is 40.6 Å². The number of amides is 2. The van der Waals surface area contributed by atoms with Crippen molar-refractivity contribution in [1.29, 1.82) is 0 Å². The molecule has 2 aromatic carbocycles. The molecule has 0 unspecified atom stereocenters. The Balaban J connectivity index is 1.81. The number of anilines is 1. The Hall–Kier alpha value is -2.62. The lowest BCUT2D eigenvalue weighted by Crippen LogP contribution is -2.57. The molecule has 1 saturated heterocycles. The van der Waals surface area contributed by atoms with Gasteiger partial charge in [0.1, 0.15) is 6.04 Å². The van der Waals surface area contributed by atoms with E-state index >= 15 is 0 Å². The zero-order valence-corrected chi connectivity index (χ0v) is 14.3. The number of hydrogen-bond donors (Lipinski definition) is 0. The van der Waals surface area contributed by atoms with E-state index in [4.69, 9.17) is 0 Å². The van der Waals surface area contributed by atoms with Crippen molar-refractivity contribution in [3.63, 3.8) is 0 Å². The third-order valence-corrected chi connectivity index (χ3v) is 4.62. The van der Waals surface area contributed by atoms with Crippen molar-refractivity contribution < 1.29 is 9.59 Å². The maximum Gasteiger partial charge on any atom is 0.254 e. The van der Waals surface area contributed by atoms with Gasteiger partial charge in [-0.2, -0.15) is 0 Å². The van der Waals surface area contributed by atoms with E-state index in [1.165, 1.54) is 0 Å². The monoisotopic (exact) mass is 322 g/mol. The average Bonchev–Trinajstić information content (AvgIpc) is 2.58. The molecule has 1 aliphatic heterocycles. The molecule has 2 amide bonds. The second-order valence-electron chi connectivity index (χ2n) is 6.32. The zero-order chi connectivity index (χ0) is 17.3. The lowest BCUT2D eigenvalue weighted by atomic mass is 10.1. The van der Waals surface area contributed by atoms with Gasteiger partial charge in [-0.1, -0.05) is 35.9 Å². The third kappa shape index (κ3) is 2.92. The molecule has 0 aliphatic carbocycles. The summed E-state index contributed by atoms with van der Waals surface area (Å²) >= 11 is 0. The highest BCUT2D eigenvalue weighted by atomic mass is 16.2. The van der Waals surface area contributed by atoms with Crippen molar-refractivity contribution in [3.8, 4) is 0 Å². The van der Waals surface area contributed by atoms with Crippen molar-refractivity contribution in [2.45, 2.75) is 26.8 Å². The molecule has 1 aliphatic rings. The van der Waals surface area contributed by atoms with E-state index in [1.54, 1.807) is 16.7 Å². The molecular formula is C20H22N2O2. The Bertz CT molecular complexity index is 767. The van der Waals surface area contributed by atoms with Crippen LogP contribution in [-0.4, -0.2) is 35.8 Å². The third-order valence-electron chi connectivity index (χ3n) is 4.62. The first kappa shape index (κ1) is 16.2. The van der Waals surface area contributed by atoms with Gasteiger partial charge in [-0.05, 0) is 44.5 Å². The number of piperazine rings is 1. The van der Waals surface area contributed by atoms with Gasteiger partial charge in [-0.15, -0.1) is 0 Å². The SMILES string of the molecule is Cc1ccc(C(=O)N2CCN(c3ccccc3C)C(=O)[C@H]2C)cc1. The normalized spacial score (nSPS) is 18.0. The smallest absolute Gasteiger partial charge is 0.254 e. The van der Waals surface area contributed by atoms with E-state index in [2.05, 4.69) is 0 Å². The van der Waals surface area contributed by atoms with Gasteiger partial charge in [0.25, 0.3) is 5.91 Å². The van der Waals surface area contributed by atoms with Gasteiger partial charge in [0.15, 0.2) is 0 Å². The van der Waals surface area contributed by atoms with Gasteiger partial charge < -0.3 is 9.80 Å². The first-order valence-corrected chi connectivity index (χ1v) is 8.23. The minimum absolute atomic E-state index is 0.0315. The number of aryl methyl sites for hydroxylation is 2. The van der Waals surface area contributed by atoms with Crippen LogP contribution in [0.2, 0.25) is 0 Å². The summed E-state index contributed by atoms with van der Waals surface area (Å²) < 4.78 is 0. The molecule has 1 fully saturated rings. The molecular weight excluding hydrogens is 300 g/mol. The van der Waals surface area contributed by atoms with Crippen LogP contribution >= 0.6 is 0 Å². The predicted molar refractivity (Wildman–Crippen MR) is 95.2 cm³/mol. The predicted octanol–water partition coefficient (Wildman–Crippen LogP) is 3.18. The maximum absolute atomic E-state index is 12.8. The lowest BCUT2D eigenvalue weighted by Gasteiger charge is -2.39. The molecule has 4 nitrogen and oxygen atoms in total. The molecule has 0 radical (unpaired) electrons. The summed E-state index contributed by atoms with van der Waals surface area (Å²) in [5, 5.41) is 0. The fourth-order valence-electron chi connectivity index (χ4n) is 3.12. The van der Waals surface area contributed by atoms with Crippen molar-refractivity contribution in [2.24, 2.45) is 0 Å². The number of hydrogen-bond acceptors (Lipinski definition) is 2. The molecule has 1 atom stereocenters. The van der Waals surface area contributed by atoms with Crippen LogP contribution in [0, 0.1) is 13.8 Å². The zero-order valence-electron chi connectivity index (χ0n) is 14.3. The summed E-state index contributed by atoms with van der Waals surface area (Å²) in [5.74, 6) is -0.115. The summed E-state index contributed by atoms with van der Waals surface area (Å²) in [6.07, 6.45) is 0. The molecule has 124 valence electrons. The molecule has 0 saturated carbocycles. The Labute approximate surface area is 142 Å².